The normalized spacial score (nSPS) is 26.2. The van der Waals surface area contributed by atoms with E-state index >= 15 is 0 Å². The van der Waals surface area contributed by atoms with E-state index in [-0.39, 0.29) is 18.0 Å². The zero-order chi connectivity index (χ0) is 15.7. The Balaban J connectivity index is 2.28. The summed E-state index contributed by atoms with van der Waals surface area (Å²) in [4.78, 5) is 27.0. The summed E-state index contributed by atoms with van der Waals surface area (Å²) in [6, 6.07) is -0.0288. The number of carbonyl (C=O) groups is 2. The minimum atomic E-state index is -0.703. The SMILES string of the molecule is CC1CN(C(=O)OC(C)(C)C)C2(CCCCCC2)C(=O)N1. The van der Waals surface area contributed by atoms with E-state index in [1.807, 2.05) is 27.7 Å². The van der Waals surface area contributed by atoms with Gasteiger partial charge in [0.25, 0.3) is 0 Å². The molecule has 0 aromatic rings. The Kier molecular flexibility index (Phi) is 4.49. The second kappa shape index (κ2) is 5.85. The van der Waals surface area contributed by atoms with E-state index in [1.165, 1.54) is 0 Å². The Labute approximate surface area is 127 Å². The van der Waals surface area contributed by atoms with E-state index in [9.17, 15) is 9.59 Å². The van der Waals surface area contributed by atoms with Gasteiger partial charge in [-0.25, -0.2) is 4.79 Å². The summed E-state index contributed by atoms with van der Waals surface area (Å²) in [6.07, 6.45) is 5.36. The van der Waals surface area contributed by atoms with Gasteiger partial charge in [-0.05, 0) is 40.5 Å². The third-order valence-electron chi connectivity index (χ3n) is 4.32. The summed E-state index contributed by atoms with van der Waals surface area (Å²) in [6.45, 7) is 8.04. The molecule has 1 heterocycles. The molecule has 2 aliphatic rings. The van der Waals surface area contributed by atoms with Crippen LogP contribution in [0.1, 0.15) is 66.2 Å². The zero-order valence-corrected chi connectivity index (χ0v) is 13.7. The van der Waals surface area contributed by atoms with Gasteiger partial charge in [0.15, 0.2) is 0 Å². The van der Waals surface area contributed by atoms with E-state index < -0.39 is 11.1 Å². The molecule has 120 valence electrons. The van der Waals surface area contributed by atoms with Crippen molar-refractivity contribution in [3.8, 4) is 0 Å². The lowest BCUT2D eigenvalue weighted by Crippen LogP contribution is -2.69. The van der Waals surface area contributed by atoms with Crippen LogP contribution < -0.4 is 5.32 Å². The molecule has 1 atom stereocenters. The number of hydrogen-bond donors (Lipinski definition) is 1. The van der Waals surface area contributed by atoms with Crippen molar-refractivity contribution in [3.63, 3.8) is 0 Å². The Bertz CT molecular complexity index is 406. The first kappa shape index (κ1) is 16.1. The number of amides is 2. The van der Waals surface area contributed by atoms with Gasteiger partial charge in [-0.1, -0.05) is 25.7 Å². The molecule has 2 fully saturated rings. The lowest BCUT2D eigenvalue weighted by molar-refractivity contribution is -0.140. The summed E-state index contributed by atoms with van der Waals surface area (Å²) in [5.74, 6) is -0.00555. The summed E-state index contributed by atoms with van der Waals surface area (Å²) < 4.78 is 5.55. The van der Waals surface area contributed by atoms with Crippen LogP contribution in [0.4, 0.5) is 4.79 Å². The number of piperazine rings is 1. The minimum absolute atomic E-state index is 0.00555. The molecular formula is C16H28N2O3. The fourth-order valence-corrected chi connectivity index (χ4v) is 3.35. The Morgan fingerprint density at radius 3 is 2.33 bits per heavy atom. The van der Waals surface area contributed by atoms with Gasteiger partial charge >= 0.3 is 6.09 Å². The van der Waals surface area contributed by atoms with Gasteiger partial charge in [0.05, 0.1) is 0 Å². The van der Waals surface area contributed by atoms with Crippen LogP contribution in [-0.2, 0) is 9.53 Å². The molecule has 1 aliphatic heterocycles. The Hall–Kier alpha value is -1.26. The molecule has 0 aromatic carbocycles. The predicted molar refractivity (Wildman–Crippen MR) is 81.0 cm³/mol. The van der Waals surface area contributed by atoms with Gasteiger partial charge in [-0.2, -0.15) is 0 Å². The van der Waals surface area contributed by atoms with Crippen LogP contribution in [0.15, 0.2) is 0 Å². The molecular weight excluding hydrogens is 268 g/mol. The molecule has 1 unspecified atom stereocenters. The molecule has 2 rings (SSSR count). The Morgan fingerprint density at radius 2 is 1.81 bits per heavy atom. The molecule has 1 saturated heterocycles. The molecule has 1 N–H and O–H groups in total. The monoisotopic (exact) mass is 296 g/mol. The van der Waals surface area contributed by atoms with Crippen molar-refractivity contribution >= 4 is 12.0 Å². The smallest absolute Gasteiger partial charge is 0.411 e. The predicted octanol–water partition coefficient (Wildman–Crippen LogP) is 2.83. The fourth-order valence-electron chi connectivity index (χ4n) is 3.35. The van der Waals surface area contributed by atoms with E-state index in [0.717, 1.165) is 38.5 Å². The van der Waals surface area contributed by atoms with Crippen LogP contribution in [0.3, 0.4) is 0 Å². The average molecular weight is 296 g/mol. The first-order chi connectivity index (χ1) is 9.74. The molecule has 5 nitrogen and oxygen atoms in total. The first-order valence-corrected chi connectivity index (χ1v) is 8.06. The highest BCUT2D eigenvalue weighted by molar-refractivity contribution is 5.91. The Morgan fingerprint density at radius 1 is 1.24 bits per heavy atom. The van der Waals surface area contributed by atoms with Crippen molar-refractivity contribution in [1.82, 2.24) is 10.2 Å². The number of ether oxygens (including phenoxy) is 1. The maximum Gasteiger partial charge on any atom is 0.411 e. The lowest BCUT2D eigenvalue weighted by Gasteiger charge is -2.47. The van der Waals surface area contributed by atoms with Crippen molar-refractivity contribution in [2.24, 2.45) is 0 Å². The van der Waals surface area contributed by atoms with Crippen LogP contribution in [-0.4, -0.2) is 40.6 Å². The number of rotatable bonds is 0. The highest BCUT2D eigenvalue weighted by Gasteiger charge is 2.50. The summed E-state index contributed by atoms with van der Waals surface area (Å²) in [7, 11) is 0. The molecule has 1 spiro atoms. The first-order valence-electron chi connectivity index (χ1n) is 8.06. The molecule has 5 heteroatoms. The molecule has 0 bridgehead atoms. The van der Waals surface area contributed by atoms with Gasteiger partial charge < -0.3 is 10.1 Å². The molecule has 2 amide bonds. The average Bonchev–Trinajstić information content (AvgIpc) is 2.58. The standard InChI is InChI=1S/C16H28N2O3/c1-12-11-18(14(20)21-15(2,3)4)16(13(19)17-12)9-7-5-6-8-10-16/h12H,5-11H2,1-4H3,(H,17,19). The van der Waals surface area contributed by atoms with Gasteiger partial charge in [0, 0.05) is 12.6 Å². The van der Waals surface area contributed by atoms with Crippen molar-refractivity contribution in [2.45, 2.75) is 83.4 Å². The van der Waals surface area contributed by atoms with Crippen molar-refractivity contribution in [2.75, 3.05) is 6.54 Å². The fraction of sp³-hybridized carbons (Fsp3) is 0.875. The van der Waals surface area contributed by atoms with Gasteiger partial charge in [-0.15, -0.1) is 0 Å². The zero-order valence-electron chi connectivity index (χ0n) is 13.7. The topological polar surface area (TPSA) is 58.6 Å². The van der Waals surface area contributed by atoms with Gasteiger partial charge in [0.2, 0.25) is 5.91 Å². The highest BCUT2D eigenvalue weighted by atomic mass is 16.6. The van der Waals surface area contributed by atoms with Crippen LogP contribution in [0, 0.1) is 0 Å². The van der Waals surface area contributed by atoms with Crippen LogP contribution in [0.25, 0.3) is 0 Å². The van der Waals surface area contributed by atoms with E-state index in [1.54, 1.807) is 4.90 Å². The van der Waals surface area contributed by atoms with E-state index in [0.29, 0.717) is 6.54 Å². The lowest BCUT2D eigenvalue weighted by atomic mass is 9.84. The maximum atomic E-state index is 12.7. The van der Waals surface area contributed by atoms with E-state index in [4.69, 9.17) is 4.74 Å². The third kappa shape index (κ3) is 3.50. The van der Waals surface area contributed by atoms with Gasteiger partial charge in [0.1, 0.15) is 11.1 Å². The second-order valence-corrected chi connectivity index (χ2v) is 7.41. The number of nitrogens with zero attached hydrogens (tertiary/aromatic N) is 1. The summed E-state index contributed by atoms with van der Waals surface area (Å²) in [5.41, 5.74) is -1.24. The summed E-state index contributed by atoms with van der Waals surface area (Å²) >= 11 is 0. The number of carbonyl (C=O) groups excluding carboxylic acids is 2. The molecule has 1 aliphatic carbocycles. The molecule has 0 radical (unpaired) electrons. The van der Waals surface area contributed by atoms with Gasteiger partial charge in [-0.3, -0.25) is 9.69 Å². The molecule has 21 heavy (non-hydrogen) atoms. The van der Waals surface area contributed by atoms with Crippen molar-refractivity contribution < 1.29 is 14.3 Å². The van der Waals surface area contributed by atoms with Crippen molar-refractivity contribution in [3.05, 3.63) is 0 Å². The van der Waals surface area contributed by atoms with Crippen LogP contribution >= 0.6 is 0 Å². The number of hydrogen-bond acceptors (Lipinski definition) is 3. The van der Waals surface area contributed by atoms with Crippen LogP contribution in [0.5, 0.6) is 0 Å². The molecule has 0 aromatic heterocycles. The second-order valence-electron chi connectivity index (χ2n) is 7.41. The minimum Gasteiger partial charge on any atom is -0.444 e. The van der Waals surface area contributed by atoms with E-state index in [2.05, 4.69) is 5.32 Å². The maximum absolute atomic E-state index is 12.7. The highest BCUT2D eigenvalue weighted by Crippen LogP contribution is 2.36. The number of nitrogens with one attached hydrogen (secondary N) is 1. The van der Waals surface area contributed by atoms with Crippen molar-refractivity contribution in [1.29, 1.82) is 0 Å². The quantitative estimate of drug-likeness (QED) is 0.748. The summed E-state index contributed by atoms with van der Waals surface area (Å²) in [5, 5.41) is 3.03. The largest absolute Gasteiger partial charge is 0.444 e. The van der Waals surface area contributed by atoms with Crippen LogP contribution in [0.2, 0.25) is 0 Å². The molecule has 1 saturated carbocycles. The third-order valence-corrected chi connectivity index (χ3v) is 4.32.